The number of allylic oxidation sites excluding steroid dienone is 1. The largest absolute Gasteiger partial charge is 0.310 e. The van der Waals surface area contributed by atoms with Crippen molar-refractivity contribution in [2.45, 2.75) is 18.3 Å². The fraction of sp³-hybridized carbons (Fsp3) is 0.0435. The number of aromatic nitrogens is 1. The Kier molecular flexibility index (Phi) is 9.60. The zero-order chi connectivity index (χ0) is 46.9. The van der Waals surface area contributed by atoms with Crippen molar-refractivity contribution >= 4 is 55.6 Å². The molecule has 334 valence electrons. The van der Waals surface area contributed by atoms with Crippen LogP contribution in [0.4, 0.5) is 17.1 Å². The Balaban J connectivity index is 0.858. The van der Waals surface area contributed by atoms with Crippen molar-refractivity contribution in [3.63, 3.8) is 0 Å². The Morgan fingerprint density at radius 1 is 0.394 bits per heavy atom. The van der Waals surface area contributed by atoms with E-state index in [1.54, 1.807) is 0 Å². The second kappa shape index (κ2) is 16.6. The standard InChI is InChI=1S/C69H48N2/c1-3-24-53(25-4-1)69(54-26-5-2-6-27-54)63-32-13-11-30-59(63)60-42-41-56(46-64(60)69)71-67-33-14-12-31-61(67)62-45-52(38-43-68(62)71)51-23-15-22-50(44-51)47-36-39-55(40-37-47)70(65-34-16-20-48-18-7-9-28-57(48)65)66-35-17-21-49-19-8-10-29-58(49)66/h1-11,13-30,32-46H,12,31H2. The summed E-state index contributed by atoms with van der Waals surface area (Å²) >= 11 is 0. The van der Waals surface area contributed by atoms with Gasteiger partial charge in [0.25, 0.3) is 0 Å². The van der Waals surface area contributed by atoms with E-state index in [1.807, 2.05) is 0 Å². The minimum absolute atomic E-state index is 0.464. The van der Waals surface area contributed by atoms with Crippen molar-refractivity contribution in [2.24, 2.45) is 0 Å². The molecule has 71 heavy (non-hydrogen) atoms. The zero-order valence-electron chi connectivity index (χ0n) is 39.2. The van der Waals surface area contributed by atoms with Gasteiger partial charge in [-0.05, 0) is 145 Å². The van der Waals surface area contributed by atoms with E-state index in [4.69, 9.17) is 0 Å². The van der Waals surface area contributed by atoms with Gasteiger partial charge in [-0.1, -0.05) is 206 Å². The molecule has 14 rings (SSSR count). The molecular formula is C69H48N2. The molecule has 0 saturated carbocycles. The number of hydrogen-bond acceptors (Lipinski definition) is 1. The molecule has 2 nitrogen and oxygen atoms in total. The lowest BCUT2D eigenvalue weighted by molar-refractivity contribution is 0.767. The van der Waals surface area contributed by atoms with Crippen LogP contribution in [0.25, 0.3) is 77.6 Å². The molecular weight excluding hydrogens is 857 g/mol. The van der Waals surface area contributed by atoms with Gasteiger partial charge in [-0.3, -0.25) is 0 Å². The summed E-state index contributed by atoms with van der Waals surface area (Å²) in [5.41, 5.74) is 20.7. The molecule has 0 saturated heterocycles. The molecule has 0 aliphatic heterocycles. The van der Waals surface area contributed by atoms with Crippen LogP contribution in [0.15, 0.2) is 261 Å². The maximum absolute atomic E-state index is 2.52. The van der Waals surface area contributed by atoms with Gasteiger partial charge in [-0.2, -0.15) is 0 Å². The topological polar surface area (TPSA) is 8.17 Å². The number of aryl methyl sites for hydroxylation is 1. The van der Waals surface area contributed by atoms with Crippen molar-refractivity contribution in [1.29, 1.82) is 0 Å². The monoisotopic (exact) mass is 904 g/mol. The van der Waals surface area contributed by atoms with Gasteiger partial charge >= 0.3 is 0 Å². The number of anilines is 3. The molecule has 0 N–H and O–H groups in total. The molecule has 1 aromatic heterocycles. The van der Waals surface area contributed by atoms with Crippen molar-refractivity contribution in [2.75, 3.05) is 4.90 Å². The number of fused-ring (bicyclic) bond motifs is 8. The SMILES string of the molecule is C1=Cc2c(c3cc(-c4cccc(-c5ccc(N(c6cccc7ccccc67)c6cccc7ccccc67)cc5)c4)ccc3n2-c2ccc3c(c2)C(c2ccccc2)(c2ccccc2)c2ccccc2-3)CC1. The summed E-state index contributed by atoms with van der Waals surface area (Å²) in [7, 11) is 0. The lowest BCUT2D eigenvalue weighted by atomic mass is 9.67. The quantitative estimate of drug-likeness (QED) is 0.147. The van der Waals surface area contributed by atoms with Crippen molar-refractivity contribution < 1.29 is 0 Å². The molecule has 0 spiro atoms. The Hall–Kier alpha value is -8.98. The van der Waals surface area contributed by atoms with Gasteiger partial charge in [0.1, 0.15) is 0 Å². The summed E-state index contributed by atoms with van der Waals surface area (Å²) in [6.45, 7) is 0. The van der Waals surface area contributed by atoms with Crippen LogP contribution in [0.5, 0.6) is 0 Å². The maximum atomic E-state index is 2.52. The highest BCUT2D eigenvalue weighted by molar-refractivity contribution is 6.05. The second-order valence-corrected chi connectivity index (χ2v) is 19.1. The van der Waals surface area contributed by atoms with Crippen LogP contribution in [0.2, 0.25) is 0 Å². The van der Waals surface area contributed by atoms with Gasteiger partial charge in [0.2, 0.25) is 0 Å². The molecule has 2 aliphatic rings. The van der Waals surface area contributed by atoms with Crippen LogP contribution >= 0.6 is 0 Å². The van der Waals surface area contributed by atoms with Gasteiger partial charge in [0, 0.05) is 33.2 Å². The molecule has 0 radical (unpaired) electrons. The van der Waals surface area contributed by atoms with E-state index in [1.165, 1.54) is 105 Å². The van der Waals surface area contributed by atoms with E-state index >= 15 is 0 Å². The third kappa shape index (κ3) is 6.49. The number of benzene rings is 11. The van der Waals surface area contributed by atoms with Crippen molar-refractivity contribution in [3.05, 3.63) is 294 Å². The van der Waals surface area contributed by atoms with E-state index < -0.39 is 5.41 Å². The van der Waals surface area contributed by atoms with E-state index in [9.17, 15) is 0 Å². The third-order valence-corrected chi connectivity index (χ3v) is 15.3. The molecule has 0 unspecified atom stereocenters. The summed E-state index contributed by atoms with van der Waals surface area (Å²) < 4.78 is 2.52. The number of nitrogens with zero attached hydrogens (tertiary/aromatic N) is 2. The average Bonchev–Trinajstić information content (AvgIpc) is 3.94. The van der Waals surface area contributed by atoms with Gasteiger partial charge in [0.05, 0.1) is 22.3 Å². The fourth-order valence-electron chi connectivity index (χ4n) is 12.2. The third-order valence-electron chi connectivity index (χ3n) is 15.3. The van der Waals surface area contributed by atoms with E-state index in [2.05, 4.69) is 276 Å². The smallest absolute Gasteiger partial charge is 0.0714 e. The normalized spacial score (nSPS) is 13.3. The molecule has 11 aromatic carbocycles. The predicted octanol–water partition coefficient (Wildman–Crippen LogP) is 18.1. The Morgan fingerprint density at radius 3 is 1.66 bits per heavy atom. The second-order valence-electron chi connectivity index (χ2n) is 19.1. The van der Waals surface area contributed by atoms with Crippen LogP contribution in [-0.4, -0.2) is 4.57 Å². The molecule has 0 bridgehead atoms. The van der Waals surface area contributed by atoms with Crippen LogP contribution in [-0.2, 0) is 11.8 Å². The highest BCUT2D eigenvalue weighted by Crippen LogP contribution is 2.57. The van der Waals surface area contributed by atoms with E-state index in [0.29, 0.717) is 0 Å². The number of hydrogen-bond donors (Lipinski definition) is 0. The molecule has 0 amide bonds. The van der Waals surface area contributed by atoms with Crippen LogP contribution in [0, 0.1) is 0 Å². The summed E-state index contributed by atoms with van der Waals surface area (Å²) in [6.07, 6.45) is 6.74. The number of rotatable bonds is 8. The minimum Gasteiger partial charge on any atom is -0.310 e. The predicted molar refractivity (Wildman–Crippen MR) is 299 cm³/mol. The fourth-order valence-corrected chi connectivity index (χ4v) is 12.2. The maximum Gasteiger partial charge on any atom is 0.0714 e. The first-order valence-corrected chi connectivity index (χ1v) is 24.9. The van der Waals surface area contributed by atoms with Gasteiger partial charge in [-0.15, -0.1) is 0 Å². The van der Waals surface area contributed by atoms with Crippen molar-refractivity contribution in [1.82, 2.24) is 4.57 Å². The van der Waals surface area contributed by atoms with Gasteiger partial charge in [0.15, 0.2) is 0 Å². The van der Waals surface area contributed by atoms with Crippen LogP contribution in [0.1, 0.15) is 39.9 Å². The Labute approximate surface area is 414 Å². The first kappa shape index (κ1) is 41.0. The van der Waals surface area contributed by atoms with E-state index in [-0.39, 0.29) is 0 Å². The molecule has 0 atom stereocenters. The minimum atomic E-state index is -0.464. The summed E-state index contributed by atoms with van der Waals surface area (Å²) in [5, 5.41) is 6.20. The van der Waals surface area contributed by atoms with E-state index in [0.717, 1.165) is 29.9 Å². The Morgan fingerprint density at radius 2 is 0.958 bits per heavy atom. The molecule has 1 heterocycles. The first-order chi connectivity index (χ1) is 35.2. The summed E-state index contributed by atoms with van der Waals surface area (Å²) in [4.78, 5) is 2.42. The highest BCUT2D eigenvalue weighted by atomic mass is 15.1. The van der Waals surface area contributed by atoms with Crippen LogP contribution in [0.3, 0.4) is 0 Å². The summed E-state index contributed by atoms with van der Waals surface area (Å²) in [6, 6.07) is 94.4. The lowest BCUT2D eigenvalue weighted by Gasteiger charge is -2.34. The molecule has 12 aromatic rings. The molecule has 0 fully saturated rings. The Bertz CT molecular complexity index is 3920. The molecule has 2 heteroatoms. The van der Waals surface area contributed by atoms with Gasteiger partial charge in [-0.25, -0.2) is 0 Å². The molecule has 2 aliphatic carbocycles. The van der Waals surface area contributed by atoms with Gasteiger partial charge < -0.3 is 9.47 Å². The average molecular weight is 905 g/mol. The highest BCUT2D eigenvalue weighted by Gasteiger charge is 2.46. The van der Waals surface area contributed by atoms with Crippen LogP contribution < -0.4 is 4.90 Å². The zero-order valence-corrected chi connectivity index (χ0v) is 39.2. The first-order valence-electron chi connectivity index (χ1n) is 24.9. The summed E-state index contributed by atoms with van der Waals surface area (Å²) in [5.74, 6) is 0. The lowest BCUT2D eigenvalue weighted by Crippen LogP contribution is -2.28. The van der Waals surface area contributed by atoms with Crippen molar-refractivity contribution in [3.8, 4) is 39.1 Å².